The molecule has 136 valence electrons. The van der Waals surface area contributed by atoms with Gasteiger partial charge in [-0.1, -0.05) is 32.9 Å². The summed E-state index contributed by atoms with van der Waals surface area (Å²) in [5.74, 6) is -0.216. The number of carbonyl (C=O) groups is 1. The second kappa shape index (κ2) is 6.44. The van der Waals surface area contributed by atoms with Gasteiger partial charge >= 0.3 is 0 Å². The molecule has 0 aliphatic carbocycles. The van der Waals surface area contributed by atoms with Gasteiger partial charge in [-0.3, -0.25) is 14.6 Å². The van der Waals surface area contributed by atoms with Gasteiger partial charge in [0.05, 0.1) is 11.4 Å². The second-order valence-corrected chi connectivity index (χ2v) is 7.62. The Morgan fingerprint density at radius 3 is 2.35 bits per heavy atom. The summed E-state index contributed by atoms with van der Waals surface area (Å²) < 4.78 is 1.82. The Kier molecular flexibility index (Phi) is 4.44. The van der Waals surface area contributed by atoms with Crippen LogP contribution >= 0.6 is 0 Å². The molecule has 2 aromatic heterocycles. The van der Waals surface area contributed by atoms with Crippen LogP contribution in [-0.2, 0) is 12.5 Å². The van der Waals surface area contributed by atoms with Gasteiger partial charge in [-0.2, -0.15) is 10.2 Å². The Balaban J connectivity index is 1.78. The summed E-state index contributed by atoms with van der Waals surface area (Å²) >= 11 is 0. The molecule has 0 aliphatic heterocycles. The first-order valence-corrected chi connectivity index (χ1v) is 8.64. The molecule has 0 atom stereocenters. The molecular weight excluding hydrogens is 326 g/mol. The highest BCUT2D eigenvalue weighted by molar-refractivity contribution is 6.03. The third-order valence-corrected chi connectivity index (χ3v) is 4.60. The first-order chi connectivity index (χ1) is 12.2. The molecule has 2 N–H and O–H groups in total. The van der Waals surface area contributed by atoms with Crippen molar-refractivity contribution in [1.82, 2.24) is 20.0 Å². The number of hydrogen-bond acceptors (Lipinski definition) is 3. The Labute approximate surface area is 153 Å². The van der Waals surface area contributed by atoms with Crippen molar-refractivity contribution in [2.24, 2.45) is 7.05 Å². The van der Waals surface area contributed by atoms with Crippen LogP contribution in [0.3, 0.4) is 0 Å². The first kappa shape index (κ1) is 17.9. The number of H-pyrrole nitrogens is 1. The maximum atomic E-state index is 12.5. The van der Waals surface area contributed by atoms with Crippen molar-refractivity contribution in [1.29, 1.82) is 0 Å². The summed E-state index contributed by atoms with van der Waals surface area (Å²) in [6, 6.07) is 9.68. The van der Waals surface area contributed by atoms with Crippen LogP contribution in [0.2, 0.25) is 0 Å². The van der Waals surface area contributed by atoms with Crippen LogP contribution in [0, 0.1) is 13.8 Å². The summed E-state index contributed by atoms with van der Waals surface area (Å²) in [5.41, 5.74) is 6.07. The molecule has 2 heterocycles. The van der Waals surface area contributed by atoms with E-state index in [0.29, 0.717) is 5.69 Å². The van der Waals surface area contributed by atoms with Crippen molar-refractivity contribution < 1.29 is 4.79 Å². The van der Waals surface area contributed by atoms with Gasteiger partial charge in [-0.25, -0.2) is 0 Å². The Morgan fingerprint density at radius 1 is 1.15 bits per heavy atom. The van der Waals surface area contributed by atoms with Crippen molar-refractivity contribution >= 4 is 11.6 Å². The lowest BCUT2D eigenvalue weighted by Gasteiger charge is -2.19. The van der Waals surface area contributed by atoms with E-state index in [0.717, 1.165) is 28.3 Å². The highest BCUT2D eigenvalue weighted by Gasteiger charge is 2.18. The van der Waals surface area contributed by atoms with Crippen LogP contribution in [0.15, 0.2) is 30.3 Å². The number of anilines is 1. The van der Waals surface area contributed by atoms with Gasteiger partial charge in [0.25, 0.3) is 5.91 Å². The lowest BCUT2D eigenvalue weighted by atomic mass is 9.87. The molecule has 1 amide bonds. The Hall–Kier alpha value is -2.89. The molecule has 1 aromatic carbocycles. The highest BCUT2D eigenvalue weighted by Crippen LogP contribution is 2.26. The van der Waals surface area contributed by atoms with Gasteiger partial charge in [0.1, 0.15) is 5.69 Å². The summed E-state index contributed by atoms with van der Waals surface area (Å²) in [5, 5.41) is 14.4. The van der Waals surface area contributed by atoms with Gasteiger partial charge in [0.2, 0.25) is 0 Å². The van der Waals surface area contributed by atoms with Crippen molar-refractivity contribution in [3.8, 4) is 11.3 Å². The zero-order valence-electron chi connectivity index (χ0n) is 16.1. The molecule has 3 rings (SSSR count). The SMILES string of the molecule is Cc1nn(C)c(C)c1-c1cc(C(=O)Nc2ccc(C(C)(C)C)cc2)[nH]n1. The van der Waals surface area contributed by atoms with E-state index in [1.807, 2.05) is 49.8 Å². The largest absolute Gasteiger partial charge is 0.321 e. The second-order valence-electron chi connectivity index (χ2n) is 7.62. The van der Waals surface area contributed by atoms with E-state index in [-0.39, 0.29) is 11.3 Å². The number of rotatable bonds is 3. The average Bonchev–Trinajstić information content (AvgIpc) is 3.12. The van der Waals surface area contributed by atoms with Crippen LogP contribution in [0.4, 0.5) is 5.69 Å². The summed E-state index contributed by atoms with van der Waals surface area (Å²) in [6.45, 7) is 10.4. The number of aromatic amines is 1. The number of hydrogen-bond donors (Lipinski definition) is 2. The smallest absolute Gasteiger partial charge is 0.273 e. The van der Waals surface area contributed by atoms with Crippen molar-refractivity contribution in [3.05, 3.63) is 53.0 Å². The van der Waals surface area contributed by atoms with E-state index in [4.69, 9.17) is 0 Å². The van der Waals surface area contributed by atoms with E-state index < -0.39 is 0 Å². The fourth-order valence-corrected chi connectivity index (χ4v) is 2.96. The van der Waals surface area contributed by atoms with Crippen molar-refractivity contribution in [3.63, 3.8) is 0 Å². The van der Waals surface area contributed by atoms with Gasteiger partial charge < -0.3 is 5.32 Å². The third-order valence-electron chi connectivity index (χ3n) is 4.60. The molecule has 6 nitrogen and oxygen atoms in total. The average molecular weight is 351 g/mol. The molecule has 0 bridgehead atoms. The predicted octanol–water partition coefficient (Wildman–Crippen LogP) is 3.98. The molecule has 0 fully saturated rings. The zero-order valence-corrected chi connectivity index (χ0v) is 16.1. The Bertz CT molecular complexity index is 942. The fourth-order valence-electron chi connectivity index (χ4n) is 2.96. The molecule has 3 aromatic rings. The molecule has 0 spiro atoms. The predicted molar refractivity (Wildman–Crippen MR) is 103 cm³/mol. The minimum atomic E-state index is -0.216. The molecule has 0 aliphatic rings. The molecular formula is C20H25N5O. The maximum absolute atomic E-state index is 12.5. The molecule has 0 radical (unpaired) electrons. The van der Waals surface area contributed by atoms with Crippen LogP contribution in [-0.4, -0.2) is 25.9 Å². The first-order valence-electron chi connectivity index (χ1n) is 8.64. The number of benzene rings is 1. The van der Waals surface area contributed by atoms with Crippen LogP contribution in [0.1, 0.15) is 48.2 Å². The maximum Gasteiger partial charge on any atom is 0.273 e. The van der Waals surface area contributed by atoms with E-state index in [1.54, 1.807) is 6.07 Å². The monoisotopic (exact) mass is 351 g/mol. The highest BCUT2D eigenvalue weighted by atomic mass is 16.1. The topological polar surface area (TPSA) is 75.6 Å². The van der Waals surface area contributed by atoms with E-state index in [9.17, 15) is 4.79 Å². The van der Waals surface area contributed by atoms with E-state index in [2.05, 4.69) is 41.4 Å². The Morgan fingerprint density at radius 2 is 1.81 bits per heavy atom. The van der Waals surface area contributed by atoms with Gasteiger partial charge in [-0.05, 0) is 43.0 Å². The molecule has 0 unspecified atom stereocenters. The number of aryl methyl sites for hydroxylation is 2. The van der Waals surface area contributed by atoms with Crippen LogP contribution < -0.4 is 5.32 Å². The van der Waals surface area contributed by atoms with E-state index >= 15 is 0 Å². The van der Waals surface area contributed by atoms with Crippen molar-refractivity contribution in [2.75, 3.05) is 5.32 Å². The number of amides is 1. The number of nitrogens with one attached hydrogen (secondary N) is 2. The lowest BCUT2D eigenvalue weighted by Crippen LogP contribution is -2.14. The van der Waals surface area contributed by atoms with Crippen LogP contribution in [0.25, 0.3) is 11.3 Å². The molecule has 26 heavy (non-hydrogen) atoms. The number of nitrogens with zero attached hydrogens (tertiary/aromatic N) is 3. The number of aromatic nitrogens is 4. The normalized spacial score (nSPS) is 11.6. The zero-order chi connectivity index (χ0) is 19.1. The minimum Gasteiger partial charge on any atom is -0.321 e. The van der Waals surface area contributed by atoms with Crippen LogP contribution in [0.5, 0.6) is 0 Å². The standard InChI is InChI=1S/C20H25N5O/c1-12-18(13(2)25(6)24-12)16-11-17(23-22-16)19(26)21-15-9-7-14(8-10-15)20(3,4)5/h7-11H,1-6H3,(H,21,26)(H,22,23). The molecule has 6 heteroatoms. The molecule has 0 saturated heterocycles. The number of carbonyl (C=O) groups excluding carboxylic acids is 1. The summed E-state index contributed by atoms with van der Waals surface area (Å²) in [4.78, 5) is 12.5. The fraction of sp³-hybridized carbons (Fsp3) is 0.350. The van der Waals surface area contributed by atoms with Gasteiger partial charge in [0.15, 0.2) is 0 Å². The summed E-state index contributed by atoms with van der Waals surface area (Å²) in [6.07, 6.45) is 0. The minimum absolute atomic E-state index is 0.0836. The quantitative estimate of drug-likeness (QED) is 0.749. The van der Waals surface area contributed by atoms with Crippen molar-refractivity contribution in [2.45, 2.75) is 40.0 Å². The summed E-state index contributed by atoms with van der Waals surface area (Å²) in [7, 11) is 1.90. The third kappa shape index (κ3) is 3.40. The van der Waals surface area contributed by atoms with Gasteiger partial charge in [-0.15, -0.1) is 0 Å². The van der Waals surface area contributed by atoms with E-state index in [1.165, 1.54) is 5.56 Å². The van der Waals surface area contributed by atoms with Gasteiger partial charge in [0, 0.05) is 24.0 Å². The molecule has 0 saturated carbocycles. The lowest BCUT2D eigenvalue weighted by molar-refractivity contribution is 0.102.